The molecule has 1 unspecified atom stereocenters. The van der Waals surface area contributed by atoms with Gasteiger partial charge in [-0.3, -0.25) is 0 Å². The maximum absolute atomic E-state index is 13.5. The van der Waals surface area contributed by atoms with E-state index >= 15 is 0 Å². The molecular weight excluding hydrogens is 272 g/mol. The van der Waals surface area contributed by atoms with Crippen LogP contribution in [-0.2, 0) is 0 Å². The fraction of sp³-hybridized carbons (Fsp3) is 0.143. The van der Waals surface area contributed by atoms with E-state index in [1.165, 1.54) is 6.07 Å². The summed E-state index contributed by atoms with van der Waals surface area (Å²) < 4.78 is 13.5. The second-order valence-corrected chi connectivity index (χ2v) is 4.91. The lowest BCUT2D eigenvalue weighted by molar-refractivity contribution is 0.614. The van der Waals surface area contributed by atoms with Gasteiger partial charge in [-0.15, -0.1) is 0 Å². The van der Waals surface area contributed by atoms with E-state index < -0.39 is 6.04 Å². The van der Waals surface area contributed by atoms with Crippen molar-refractivity contribution in [2.75, 3.05) is 0 Å². The van der Waals surface area contributed by atoms with Crippen molar-refractivity contribution in [3.8, 4) is 0 Å². The number of hydrogen-bond acceptors (Lipinski definition) is 1. The van der Waals surface area contributed by atoms with Crippen LogP contribution in [0.1, 0.15) is 22.7 Å². The van der Waals surface area contributed by atoms with Crippen LogP contribution in [0.2, 0.25) is 10.0 Å². The molecule has 18 heavy (non-hydrogen) atoms. The van der Waals surface area contributed by atoms with Crippen molar-refractivity contribution in [1.29, 1.82) is 0 Å². The molecule has 1 atom stereocenters. The third-order valence-corrected chi connectivity index (χ3v) is 3.71. The molecule has 0 heterocycles. The van der Waals surface area contributed by atoms with Crippen LogP contribution in [0.4, 0.5) is 4.39 Å². The molecule has 2 rings (SSSR count). The van der Waals surface area contributed by atoms with Crippen molar-refractivity contribution in [1.82, 2.24) is 0 Å². The molecule has 0 bridgehead atoms. The zero-order valence-corrected chi connectivity index (χ0v) is 11.3. The van der Waals surface area contributed by atoms with Crippen molar-refractivity contribution < 1.29 is 4.39 Å². The average molecular weight is 284 g/mol. The van der Waals surface area contributed by atoms with Crippen LogP contribution in [0.3, 0.4) is 0 Å². The molecule has 0 radical (unpaired) electrons. The first-order valence-electron chi connectivity index (χ1n) is 5.46. The second-order valence-electron chi connectivity index (χ2n) is 4.13. The van der Waals surface area contributed by atoms with E-state index in [0.717, 1.165) is 0 Å². The summed E-state index contributed by atoms with van der Waals surface area (Å²) >= 11 is 12.0. The van der Waals surface area contributed by atoms with Crippen LogP contribution in [0.5, 0.6) is 0 Å². The van der Waals surface area contributed by atoms with E-state index in [-0.39, 0.29) is 5.82 Å². The summed E-state index contributed by atoms with van der Waals surface area (Å²) in [6.07, 6.45) is 0. The molecule has 2 aromatic rings. The van der Waals surface area contributed by atoms with Gasteiger partial charge in [0.15, 0.2) is 0 Å². The first kappa shape index (κ1) is 13.3. The maximum Gasteiger partial charge on any atom is 0.126 e. The zero-order chi connectivity index (χ0) is 13.3. The summed E-state index contributed by atoms with van der Waals surface area (Å²) in [5.41, 5.74) is 8.04. The summed E-state index contributed by atoms with van der Waals surface area (Å²) in [5.74, 6) is -0.277. The van der Waals surface area contributed by atoms with Crippen molar-refractivity contribution in [3.63, 3.8) is 0 Å². The van der Waals surface area contributed by atoms with Gasteiger partial charge in [-0.2, -0.15) is 0 Å². The van der Waals surface area contributed by atoms with Crippen LogP contribution in [0, 0.1) is 12.7 Å². The number of hydrogen-bond donors (Lipinski definition) is 1. The molecule has 0 aromatic heterocycles. The molecule has 4 heteroatoms. The molecule has 0 saturated carbocycles. The highest BCUT2D eigenvalue weighted by Gasteiger charge is 2.15. The molecule has 0 aliphatic heterocycles. The van der Waals surface area contributed by atoms with Gasteiger partial charge in [0.1, 0.15) is 5.82 Å². The average Bonchev–Trinajstić information content (AvgIpc) is 2.35. The smallest absolute Gasteiger partial charge is 0.126 e. The van der Waals surface area contributed by atoms with Crippen molar-refractivity contribution >= 4 is 23.2 Å². The molecule has 0 amide bonds. The molecule has 0 aliphatic carbocycles. The molecule has 0 fully saturated rings. The minimum atomic E-state index is -0.494. The number of aryl methyl sites for hydroxylation is 1. The number of rotatable bonds is 2. The molecule has 1 nitrogen and oxygen atoms in total. The Hall–Kier alpha value is -1.09. The summed E-state index contributed by atoms with van der Waals surface area (Å²) in [5, 5.41) is 0.852. The number of nitrogens with two attached hydrogens (primary N) is 1. The predicted octanol–water partition coefficient (Wildman–Crippen LogP) is 4.49. The van der Waals surface area contributed by atoms with Crippen molar-refractivity contribution in [2.45, 2.75) is 13.0 Å². The Labute approximate surface area is 115 Å². The topological polar surface area (TPSA) is 26.0 Å². The highest BCUT2D eigenvalue weighted by Crippen LogP contribution is 2.32. The van der Waals surface area contributed by atoms with Crippen LogP contribution in [0.25, 0.3) is 0 Å². The zero-order valence-electron chi connectivity index (χ0n) is 9.75. The fourth-order valence-electron chi connectivity index (χ4n) is 1.74. The first-order valence-corrected chi connectivity index (χ1v) is 6.22. The summed E-state index contributed by atoms with van der Waals surface area (Å²) in [6.45, 7) is 1.71. The lowest BCUT2D eigenvalue weighted by atomic mass is 9.98. The monoisotopic (exact) mass is 283 g/mol. The van der Waals surface area contributed by atoms with E-state index in [1.54, 1.807) is 37.3 Å². The molecule has 0 saturated heterocycles. The lowest BCUT2D eigenvalue weighted by Gasteiger charge is -2.15. The van der Waals surface area contributed by atoms with Gasteiger partial charge in [0.25, 0.3) is 0 Å². The Morgan fingerprint density at radius 2 is 1.89 bits per heavy atom. The molecule has 2 aromatic carbocycles. The van der Waals surface area contributed by atoms with Gasteiger partial charge in [0, 0.05) is 0 Å². The Kier molecular flexibility index (Phi) is 3.91. The van der Waals surface area contributed by atoms with Crippen LogP contribution >= 0.6 is 23.2 Å². The van der Waals surface area contributed by atoms with Gasteiger partial charge >= 0.3 is 0 Å². The van der Waals surface area contributed by atoms with Gasteiger partial charge in [0.05, 0.1) is 16.1 Å². The molecule has 2 N–H and O–H groups in total. The van der Waals surface area contributed by atoms with E-state index in [4.69, 9.17) is 28.9 Å². The standard InChI is InChI=1S/C14H12Cl2FN/c1-8-5-6-9(7-12(8)17)14(18)10-3-2-4-11(15)13(10)16/h2-7,14H,18H2,1H3. The van der Waals surface area contributed by atoms with Crippen molar-refractivity contribution in [3.05, 3.63) is 69.0 Å². The van der Waals surface area contributed by atoms with Crippen LogP contribution in [-0.4, -0.2) is 0 Å². The van der Waals surface area contributed by atoms with Crippen molar-refractivity contribution in [2.24, 2.45) is 5.73 Å². The van der Waals surface area contributed by atoms with Gasteiger partial charge < -0.3 is 5.73 Å². The first-order chi connectivity index (χ1) is 8.50. The third-order valence-electron chi connectivity index (χ3n) is 2.87. The van der Waals surface area contributed by atoms with E-state index in [0.29, 0.717) is 26.7 Å². The quantitative estimate of drug-likeness (QED) is 0.864. The Bertz CT molecular complexity index is 584. The van der Waals surface area contributed by atoms with Gasteiger partial charge in [-0.25, -0.2) is 4.39 Å². The molecule has 0 spiro atoms. The van der Waals surface area contributed by atoms with Crippen LogP contribution < -0.4 is 5.73 Å². The fourth-order valence-corrected chi connectivity index (χ4v) is 2.17. The third kappa shape index (κ3) is 2.51. The number of benzene rings is 2. The van der Waals surface area contributed by atoms with Crippen LogP contribution in [0.15, 0.2) is 36.4 Å². The van der Waals surface area contributed by atoms with E-state index in [9.17, 15) is 4.39 Å². The highest BCUT2D eigenvalue weighted by atomic mass is 35.5. The molecule has 0 aliphatic rings. The highest BCUT2D eigenvalue weighted by molar-refractivity contribution is 6.42. The van der Waals surface area contributed by atoms with E-state index in [2.05, 4.69) is 0 Å². The van der Waals surface area contributed by atoms with Gasteiger partial charge in [-0.05, 0) is 35.7 Å². The Morgan fingerprint density at radius 3 is 2.56 bits per heavy atom. The maximum atomic E-state index is 13.5. The number of halogens is 3. The molecule has 94 valence electrons. The SMILES string of the molecule is Cc1ccc(C(N)c2cccc(Cl)c2Cl)cc1F. The Balaban J connectivity index is 2.44. The minimum absolute atomic E-state index is 0.277. The van der Waals surface area contributed by atoms with Gasteiger partial charge in [-0.1, -0.05) is 47.5 Å². The van der Waals surface area contributed by atoms with Gasteiger partial charge in [0.2, 0.25) is 0 Å². The second kappa shape index (κ2) is 5.27. The molecular formula is C14H12Cl2FN. The Morgan fingerprint density at radius 1 is 1.17 bits per heavy atom. The summed E-state index contributed by atoms with van der Waals surface area (Å²) in [4.78, 5) is 0. The van der Waals surface area contributed by atoms with E-state index in [1.807, 2.05) is 0 Å². The minimum Gasteiger partial charge on any atom is -0.320 e. The largest absolute Gasteiger partial charge is 0.320 e. The normalized spacial score (nSPS) is 12.5. The summed E-state index contributed by atoms with van der Waals surface area (Å²) in [6, 6.07) is 9.67. The predicted molar refractivity (Wildman–Crippen MR) is 73.6 cm³/mol. The lowest BCUT2D eigenvalue weighted by Crippen LogP contribution is -2.13. The summed E-state index contributed by atoms with van der Waals surface area (Å²) in [7, 11) is 0.